The molecule has 18 heavy (non-hydrogen) atoms. The highest BCUT2D eigenvalue weighted by molar-refractivity contribution is 5.75. The van der Waals surface area contributed by atoms with Crippen molar-refractivity contribution >= 4 is 11.9 Å². The molecule has 1 unspecified atom stereocenters. The lowest BCUT2D eigenvalue weighted by molar-refractivity contribution is -0.132. The third-order valence-corrected chi connectivity index (χ3v) is 3.09. The molecule has 1 aliphatic rings. The van der Waals surface area contributed by atoms with E-state index in [1.165, 1.54) is 11.0 Å². The molecule has 0 saturated carbocycles. The van der Waals surface area contributed by atoms with Gasteiger partial charge in [-0.1, -0.05) is 0 Å². The van der Waals surface area contributed by atoms with Crippen LogP contribution in [0.1, 0.15) is 13.3 Å². The maximum absolute atomic E-state index is 12.1. The molecule has 0 radical (unpaired) electrons. The van der Waals surface area contributed by atoms with Crippen molar-refractivity contribution in [3.05, 3.63) is 6.33 Å². The van der Waals surface area contributed by atoms with Crippen molar-refractivity contribution in [1.82, 2.24) is 19.7 Å². The average Bonchev–Trinajstić information content (AvgIpc) is 2.97. The van der Waals surface area contributed by atoms with E-state index in [0.717, 1.165) is 26.2 Å². The van der Waals surface area contributed by atoms with Crippen molar-refractivity contribution in [3.8, 4) is 0 Å². The van der Waals surface area contributed by atoms with Crippen LogP contribution in [-0.2, 0) is 16.1 Å². The zero-order chi connectivity index (χ0) is 13.0. The van der Waals surface area contributed by atoms with Gasteiger partial charge in [0.1, 0.15) is 12.9 Å². The normalized spacial score (nSPS) is 19.1. The van der Waals surface area contributed by atoms with E-state index in [1.54, 1.807) is 0 Å². The number of anilines is 1. The summed E-state index contributed by atoms with van der Waals surface area (Å²) >= 11 is 0. The van der Waals surface area contributed by atoms with Crippen LogP contribution in [0.5, 0.6) is 0 Å². The second-order valence-electron chi connectivity index (χ2n) is 4.46. The van der Waals surface area contributed by atoms with E-state index >= 15 is 0 Å². The number of hydrogen-bond donors (Lipinski definition) is 1. The van der Waals surface area contributed by atoms with Gasteiger partial charge in [0.05, 0.1) is 6.61 Å². The van der Waals surface area contributed by atoms with Gasteiger partial charge in [-0.05, 0) is 13.3 Å². The summed E-state index contributed by atoms with van der Waals surface area (Å²) in [6.45, 7) is 5.16. The standard InChI is InChI=1S/C11H19N5O2/c1-2-15(5-9-3-4-18-7-9)10(17)6-16-8-13-11(12)14-16/h8-9H,2-7H2,1H3,(H2,12,14). The summed E-state index contributed by atoms with van der Waals surface area (Å²) < 4.78 is 6.79. The molecule has 1 amide bonds. The zero-order valence-corrected chi connectivity index (χ0v) is 10.6. The number of rotatable bonds is 5. The molecular weight excluding hydrogens is 234 g/mol. The minimum Gasteiger partial charge on any atom is -0.381 e. The van der Waals surface area contributed by atoms with Gasteiger partial charge >= 0.3 is 0 Å². The number of aromatic nitrogens is 3. The molecule has 2 heterocycles. The van der Waals surface area contributed by atoms with E-state index in [4.69, 9.17) is 10.5 Å². The molecule has 2 rings (SSSR count). The van der Waals surface area contributed by atoms with Crippen molar-refractivity contribution in [1.29, 1.82) is 0 Å². The van der Waals surface area contributed by atoms with Gasteiger partial charge in [-0.2, -0.15) is 0 Å². The molecule has 0 bridgehead atoms. The predicted octanol–water partition coefficient (Wildman–Crippen LogP) is -0.255. The van der Waals surface area contributed by atoms with Crippen LogP contribution in [0.3, 0.4) is 0 Å². The fourth-order valence-electron chi connectivity index (χ4n) is 2.07. The van der Waals surface area contributed by atoms with E-state index in [9.17, 15) is 4.79 Å². The number of likely N-dealkylation sites (N-methyl/N-ethyl adjacent to an activating group) is 1. The van der Waals surface area contributed by atoms with Crippen LogP contribution in [-0.4, -0.2) is 51.9 Å². The fraction of sp³-hybridized carbons (Fsp3) is 0.727. The van der Waals surface area contributed by atoms with Crippen molar-refractivity contribution < 1.29 is 9.53 Å². The van der Waals surface area contributed by atoms with E-state index in [0.29, 0.717) is 12.5 Å². The first-order valence-electron chi connectivity index (χ1n) is 6.19. The molecule has 1 aliphatic heterocycles. The van der Waals surface area contributed by atoms with Gasteiger partial charge < -0.3 is 15.4 Å². The Labute approximate surface area is 106 Å². The zero-order valence-electron chi connectivity index (χ0n) is 10.6. The largest absolute Gasteiger partial charge is 0.381 e. The molecule has 0 aromatic carbocycles. The Morgan fingerprint density at radius 2 is 2.56 bits per heavy atom. The monoisotopic (exact) mass is 253 g/mol. The first-order chi connectivity index (χ1) is 8.69. The minimum absolute atomic E-state index is 0.0364. The number of amides is 1. The summed E-state index contributed by atoms with van der Waals surface area (Å²) in [7, 11) is 0. The smallest absolute Gasteiger partial charge is 0.244 e. The van der Waals surface area contributed by atoms with Gasteiger partial charge in [0.25, 0.3) is 0 Å². The summed E-state index contributed by atoms with van der Waals surface area (Å²) in [5, 5.41) is 3.91. The fourth-order valence-corrected chi connectivity index (χ4v) is 2.07. The Morgan fingerprint density at radius 1 is 1.72 bits per heavy atom. The Bertz CT molecular complexity index is 400. The maximum atomic E-state index is 12.1. The summed E-state index contributed by atoms with van der Waals surface area (Å²) in [5.74, 6) is 0.680. The molecule has 0 spiro atoms. The Morgan fingerprint density at radius 3 is 3.11 bits per heavy atom. The summed E-state index contributed by atoms with van der Waals surface area (Å²) in [6.07, 6.45) is 2.50. The van der Waals surface area contributed by atoms with Crippen LogP contribution < -0.4 is 5.73 Å². The van der Waals surface area contributed by atoms with Crippen molar-refractivity contribution in [2.45, 2.75) is 19.9 Å². The maximum Gasteiger partial charge on any atom is 0.244 e. The first kappa shape index (κ1) is 12.8. The molecule has 7 heteroatoms. The molecule has 100 valence electrons. The quantitative estimate of drug-likeness (QED) is 0.781. The third-order valence-electron chi connectivity index (χ3n) is 3.09. The molecular formula is C11H19N5O2. The van der Waals surface area contributed by atoms with Gasteiger partial charge in [0, 0.05) is 25.6 Å². The summed E-state index contributed by atoms with van der Waals surface area (Å²) in [6, 6.07) is 0. The van der Waals surface area contributed by atoms with Gasteiger partial charge in [0.15, 0.2) is 0 Å². The Balaban J connectivity index is 1.88. The van der Waals surface area contributed by atoms with Crippen LogP contribution in [0.4, 0.5) is 5.95 Å². The van der Waals surface area contributed by atoms with Crippen molar-refractivity contribution in [3.63, 3.8) is 0 Å². The topological polar surface area (TPSA) is 86.3 Å². The van der Waals surface area contributed by atoms with Crippen LogP contribution in [0.2, 0.25) is 0 Å². The number of carbonyl (C=O) groups is 1. The Kier molecular flexibility index (Phi) is 4.14. The number of nitrogen functional groups attached to an aromatic ring is 1. The van der Waals surface area contributed by atoms with Gasteiger partial charge in [0.2, 0.25) is 11.9 Å². The number of carbonyl (C=O) groups excluding carboxylic acids is 1. The highest BCUT2D eigenvalue weighted by Crippen LogP contribution is 2.14. The number of nitrogens with two attached hydrogens (primary N) is 1. The molecule has 1 atom stereocenters. The van der Waals surface area contributed by atoms with E-state index in [1.807, 2.05) is 11.8 Å². The SMILES string of the molecule is CCN(CC1CCOC1)C(=O)Cn1cnc(N)n1. The van der Waals surface area contributed by atoms with Gasteiger partial charge in [-0.15, -0.1) is 5.10 Å². The highest BCUT2D eigenvalue weighted by atomic mass is 16.5. The number of hydrogen-bond acceptors (Lipinski definition) is 5. The predicted molar refractivity (Wildman–Crippen MR) is 65.6 cm³/mol. The highest BCUT2D eigenvalue weighted by Gasteiger charge is 2.21. The van der Waals surface area contributed by atoms with Crippen LogP contribution >= 0.6 is 0 Å². The lowest BCUT2D eigenvalue weighted by Crippen LogP contribution is -2.37. The second kappa shape index (κ2) is 5.81. The van der Waals surface area contributed by atoms with Gasteiger partial charge in [-0.3, -0.25) is 4.79 Å². The minimum atomic E-state index is 0.0364. The Hall–Kier alpha value is -1.63. The molecule has 1 aromatic heterocycles. The molecule has 2 N–H and O–H groups in total. The molecule has 0 aliphatic carbocycles. The van der Waals surface area contributed by atoms with E-state index in [2.05, 4.69) is 10.1 Å². The van der Waals surface area contributed by atoms with Crippen molar-refractivity contribution in [2.75, 3.05) is 32.0 Å². The number of ether oxygens (including phenoxy) is 1. The van der Waals surface area contributed by atoms with E-state index in [-0.39, 0.29) is 18.4 Å². The van der Waals surface area contributed by atoms with Crippen LogP contribution in [0, 0.1) is 5.92 Å². The summed E-state index contributed by atoms with van der Waals surface area (Å²) in [4.78, 5) is 17.7. The molecule has 1 fully saturated rings. The van der Waals surface area contributed by atoms with Crippen molar-refractivity contribution in [2.24, 2.45) is 5.92 Å². The molecule has 7 nitrogen and oxygen atoms in total. The third kappa shape index (κ3) is 3.19. The second-order valence-corrected chi connectivity index (χ2v) is 4.46. The average molecular weight is 253 g/mol. The lowest BCUT2D eigenvalue weighted by Gasteiger charge is -2.23. The van der Waals surface area contributed by atoms with Crippen LogP contribution in [0.25, 0.3) is 0 Å². The summed E-state index contributed by atoms with van der Waals surface area (Å²) in [5.41, 5.74) is 5.41. The van der Waals surface area contributed by atoms with E-state index < -0.39 is 0 Å². The van der Waals surface area contributed by atoms with Crippen LogP contribution in [0.15, 0.2) is 6.33 Å². The number of nitrogens with zero attached hydrogens (tertiary/aromatic N) is 4. The molecule has 1 aromatic rings. The lowest BCUT2D eigenvalue weighted by atomic mass is 10.1. The molecule has 1 saturated heterocycles. The first-order valence-corrected chi connectivity index (χ1v) is 6.19. The van der Waals surface area contributed by atoms with Gasteiger partial charge in [-0.25, -0.2) is 9.67 Å².